The molecule has 102 valence electrons. The van der Waals surface area contributed by atoms with Gasteiger partial charge < -0.3 is 14.8 Å². The maximum atomic E-state index is 4.39. The highest BCUT2D eigenvalue weighted by Gasteiger charge is 2.32. The number of nitrogens with zero attached hydrogens (tertiary/aromatic N) is 3. The van der Waals surface area contributed by atoms with Gasteiger partial charge in [-0.15, -0.1) is 0 Å². The molecule has 1 aliphatic heterocycles. The summed E-state index contributed by atoms with van der Waals surface area (Å²) in [5.41, 5.74) is 1.68. The number of likely N-dealkylation sites (N-methyl/N-ethyl adjacent to an activating group) is 1. The number of imidazole rings is 1. The normalized spacial score (nSPS) is 21.2. The van der Waals surface area contributed by atoms with Gasteiger partial charge in [0.15, 0.2) is 0 Å². The van der Waals surface area contributed by atoms with Crippen molar-refractivity contribution in [3.8, 4) is 0 Å². The Hall–Kier alpha value is -0.870. The highest BCUT2D eigenvalue weighted by atomic mass is 15.1. The van der Waals surface area contributed by atoms with Crippen LogP contribution in [0.5, 0.6) is 0 Å². The molecule has 0 aromatic carbocycles. The predicted octanol–water partition coefficient (Wildman–Crippen LogP) is 1.65. The lowest BCUT2D eigenvalue weighted by Gasteiger charge is -2.36. The molecule has 1 N–H and O–H groups in total. The van der Waals surface area contributed by atoms with Crippen molar-refractivity contribution in [3.63, 3.8) is 0 Å². The van der Waals surface area contributed by atoms with Crippen LogP contribution in [0, 0.1) is 0 Å². The molecule has 4 nitrogen and oxygen atoms in total. The van der Waals surface area contributed by atoms with Gasteiger partial charge in [-0.1, -0.05) is 6.92 Å². The number of rotatable bonds is 4. The second-order valence-electron chi connectivity index (χ2n) is 6.11. The van der Waals surface area contributed by atoms with E-state index in [1.165, 1.54) is 18.5 Å². The molecule has 0 saturated carbocycles. The van der Waals surface area contributed by atoms with E-state index in [-0.39, 0.29) is 5.41 Å². The van der Waals surface area contributed by atoms with Gasteiger partial charge in [0.25, 0.3) is 0 Å². The van der Waals surface area contributed by atoms with Gasteiger partial charge in [-0.25, -0.2) is 4.98 Å². The Balaban J connectivity index is 2.21. The molecule has 2 heterocycles. The van der Waals surface area contributed by atoms with E-state index in [4.69, 9.17) is 0 Å². The molecule has 1 fully saturated rings. The largest absolute Gasteiger partial charge is 0.330 e. The van der Waals surface area contributed by atoms with E-state index in [0.29, 0.717) is 6.04 Å². The molecule has 2 rings (SSSR count). The third-order valence-electron chi connectivity index (χ3n) is 4.10. The summed E-state index contributed by atoms with van der Waals surface area (Å²) >= 11 is 0. The minimum Gasteiger partial charge on any atom is -0.330 e. The van der Waals surface area contributed by atoms with E-state index in [9.17, 15) is 0 Å². The molecular weight excluding hydrogens is 224 g/mol. The third kappa shape index (κ3) is 2.75. The SMILES string of the molecule is CC(CN(C)C)n1cncc1C1(C)CCNCC1. The van der Waals surface area contributed by atoms with E-state index in [1.54, 1.807) is 0 Å². The van der Waals surface area contributed by atoms with Crippen LogP contribution in [0.1, 0.15) is 38.4 Å². The molecule has 0 aliphatic carbocycles. The molecule has 1 atom stereocenters. The number of hydrogen-bond acceptors (Lipinski definition) is 3. The van der Waals surface area contributed by atoms with E-state index in [2.05, 4.69) is 53.9 Å². The Morgan fingerprint density at radius 1 is 1.44 bits per heavy atom. The number of piperidine rings is 1. The van der Waals surface area contributed by atoms with Gasteiger partial charge in [-0.05, 0) is 47.0 Å². The average molecular weight is 250 g/mol. The van der Waals surface area contributed by atoms with Crippen molar-refractivity contribution in [2.75, 3.05) is 33.7 Å². The molecule has 1 saturated heterocycles. The molecule has 1 aliphatic rings. The van der Waals surface area contributed by atoms with Crippen molar-refractivity contribution in [2.24, 2.45) is 0 Å². The first kappa shape index (κ1) is 13.6. The fraction of sp³-hybridized carbons (Fsp3) is 0.786. The van der Waals surface area contributed by atoms with Gasteiger partial charge in [-0.2, -0.15) is 0 Å². The van der Waals surface area contributed by atoms with Crippen molar-refractivity contribution >= 4 is 0 Å². The lowest BCUT2D eigenvalue weighted by atomic mass is 9.78. The monoisotopic (exact) mass is 250 g/mol. The Kier molecular flexibility index (Phi) is 4.07. The molecule has 18 heavy (non-hydrogen) atoms. The van der Waals surface area contributed by atoms with Crippen molar-refractivity contribution in [1.29, 1.82) is 0 Å². The summed E-state index contributed by atoms with van der Waals surface area (Å²) in [5.74, 6) is 0. The van der Waals surface area contributed by atoms with E-state index in [1.807, 2.05) is 6.33 Å². The molecule has 1 aromatic rings. The van der Waals surface area contributed by atoms with E-state index < -0.39 is 0 Å². The summed E-state index contributed by atoms with van der Waals surface area (Å²) in [5, 5.41) is 3.44. The Labute approximate surface area is 110 Å². The van der Waals surface area contributed by atoms with E-state index >= 15 is 0 Å². The fourth-order valence-electron chi connectivity index (χ4n) is 2.97. The third-order valence-corrected chi connectivity index (χ3v) is 4.10. The van der Waals surface area contributed by atoms with Gasteiger partial charge in [0.05, 0.1) is 6.33 Å². The van der Waals surface area contributed by atoms with Crippen molar-refractivity contribution < 1.29 is 0 Å². The van der Waals surface area contributed by atoms with Gasteiger partial charge >= 0.3 is 0 Å². The molecule has 0 radical (unpaired) electrons. The number of aromatic nitrogens is 2. The first-order valence-corrected chi connectivity index (χ1v) is 6.91. The second kappa shape index (κ2) is 5.41. The first-order chi connectivity index (χ1) is 8.53. The molecule has 0 bridgehead atoms. The van der Waals surface area contributed by atoms with Crippen LogP contribution in [-0.2, 0) is 5.41 Å². The Bertz CT molecular complexity index is 377. The molecule has 1 aromatic heterocycles. The minimum atomic E-state index is 0.280. The smallest absolute Gasteiger partial charge is 0.0951 e. The lowest BCUT2D eigenvalue weighted by Crippen LogP contribution is -2.39. The summed E-state index contributed by atoms with van der Waals surface area (Å²) in [6, 6.07) is 0.476. The Morgan fingerprint density at radius 2 is 2.11 bits per heavy atom. The Morgan fingerprint density at radius 3 is 2.72 bits per heavy atom. The van der Waals surface area contributed by atoms with Crippen LogP contribution in [0.4, 0.5) is 0 Å². The number of nitrogens with one attached hydrogen (secondary N) is 1. The van der Waals surface area contributed by atoms with Crippen LogP contribution < -0.4 is 5.32 Å². The van der Waals surface area contributed by atoms with Crippen LogP contribution in [0.25, 0.3) is 0 Å². The van der Waals surface area contributed by atoms with Crippen LogP contribution in [0.2, 0.25) is 0 Å². The zero-order valence-electron chi connectivity index (χ0n) is 12.1. The van der Waals surface area contributed by atoms with Crippen LogP contribution in [0.15, 0.2) is 12.5 Å². The second-order valence-corrected chi connectivity index (χ2v) is 6.11. The summed E-state index contributed by atoms with van der Waals surface area (Å²) in [6.45, 7) is 7.94. The number of hydrogen-bond donors (Lipinski definition) is 1. The zero-order valence-corrected chi connectivity index (χ0v) is 12.1. The maximum absolute atomic E-state index is 4.39. The van der Waals surface area contributed by atoms with Gasteiger partial charge in [-0.3, -0.25) is 0 Å². The van der Waals surface area contributed by atoms with E-state index in [0.717, 1.165) is 19.6 Å². The van der Waals surface area contributed by atoms with Gasteiger partial charge in [0.1, 0.15) is 0 Å². The standard InChI is InChI=1S/C14H26N4/c1-12(10-17(3)4)18-11-16-9-13(18)14(2)5-7-15-8-6-14/h9,11-12,15H,5-8,10H2,1-4H3. The average Bonchev–Trinajstić information content (AvgIpc) is 2.78. The van der Waals surface area contributed by atoms with Crippen molar-refractivity contribution in [3.05, 3.63) is 18.2 Å². The first-order valence-electron chi connectivity index (χ1n) is 6.91. The molecular formula is C14H26N4. The topological polar surface area (TPSA) is 33.1 Å². The molecule has 0 spiro atoms. The highest BCUT2D eigenvalue weighted by Crippen LogP contribution is 2.33. The van der Waals surface area contributed by atoms with Gasteiger partial charge in [0, 0.05) is 29.9 Å². The summed E-state index contributed by atoms with van der Waals surface area (Å²) in [7, 11) is 4.25. The van der Waals surface area contributed by atoms with Crippen LogP contribution >= 0.6 is 0 Å². The van der Waals surface area contributed by atoms with Crippen molar-refractivity contribution in [2.45, 2.75) is 38.1 Å². The highest BCUT2D eigenvalue weighted by molar-refractivity contribution is 5.16. The molecule has 0 amide bonds. The molecule has 4 heteroatoms. The summed E-state index contributed by atoms with van der Waals surface area (Å²) in [4.78, 5) is 6.63. The quantitative estimate of drug-likeness (QED) is 0.882. The zero-order chi connectivity index (χ0) is 13.2. The maximum Gasteiger partial charge on any atom is 0.0951 e. The van der Waals surface area contributed by atoms with Crippen LogP contribution in [0.3, 0.4) is 0 Å². The van der Waals surface area contributed by atoms with Crippen LogP contribution in [-0.4, -0.2) is 48.2 Å². The predicted molar refractivity (Wildman–Crippen MR) is 74.9 cm³/mol. The lowest BCUT2D eigenvalue weighted by molar-refractivity contribution is 0.288. The summed E-state index contributed by atoms with van der Waals surface area (Å²) in [6.07, 6.45) is 6.47. The molecule has 1 unspecified atom stereocenters. The van der Waals surface area contributed by atoms with Gasteiger partial charge in [0.2, 0.25) is 0 Å². The minimum absolute atomic E-state index is 0.280. The van der Waals surface area contributed by atoms with Crippen molar-refractivity contribution in [1.82, 2.24) is 19.8 Å². The fourth-order valence-corrected chi connectivity index (χ4v) is 2.97. The summed E-state index contributed by atoms with van der Waals surface area (Å²) < 4.78 is 2.37.